The van der Waals surface area contributed by atoms with Crippen LogP contribution in [0.25, 0.3) is 0 Å². The molecule has 0 spiro atoms. The van der Waals surface area contributed by atoms with E-state index in [0.717, 1.165) is 5.56 Å². The highest BCUT2D eigenvalue weighted by Crippen LogP contribution is 2.12. The summed E-state index contributed by atoms with van der Waals surface area (Å²) >= 11 is 0. The van der Waals surface area contributed by atoms with E-state index in [0.29, 0.717) is 0 Å². The molecule has 1 aromatic rings. The Hall–Kier alpha value is -0.950. The van der Waals surface area contributed by atoms with Crippen molar-refractivity contribution in [2.75, 3.05) is 6.61 Å². The van der Waals surface area contributed by atoms with Crippen LogP contribution in [0.1, 0.15) is 25.5 Å². The first-order chi connectivity index (χ1) is 7.94. The van der Waals surface area contributed by atoms with E-state index in [-0.39, 0.29) is 12.6 Å². The van der Waals surface area contributed by atoms with Gasteiger partial charge in [0.15, 0.2) is 0 Å². The first kappa shape index (κ1) is 14.1. The van der Waals surface area contributed by atoms with Crippen LogP contribution >= 0.6 is 0 Å². The third-order valence-electron chi connectivity index (χ3n) is 2.07. The molecule has 0 saturated heterocycles. The summed E-state index contributed by atoms with van der Waals surface area (Å²) in [5.41, 5.74) is 0.726. The van der Waals surface area contributed by atoms with Gasteiger partial charge in [-0.15, -0.1) is 0 Å². The third-order valence-corrected chi connectivity index (χ3v) is 3.45. The number of aliphatic hydroxyl groups excluding tert-OH is 1. The van der Waals surface area contributed by atoms with Gasteiger partial charge in [0, 0.05) is 6.04 Å². The van der Waals surface area contributed by atoms with E-state index >= 15 is 0 Å². The van der Waals surface area contributed by atoms with Crippen molar-refractivity contribution in [1.29, 1.82) is 0 Å². The highest BCUT2D eigenvalue weighted by molar-refractivity contribution is 7.87. The van der Waals surface area contributed by atoms with E-state index in [1.54, 1.807) is 38.1 Å². The number of hydrogen-bond donors (Lipinski definition) is 3. The largest absolute Gasteiger partial charge is 0.394 e. The summed E-state index contributed by atoms with van der Waals surface area (Å²) in [4.78, 5) is 0. The topological polar surface area (TPSA) is 78.4 Å². The summed E-state index contributed by atoms with van der Waals surface area (Å²) in [5, 5.41) is 9.22. The smallest absolute Gasteiger partial charge is 0.277 e. The first-order valence-corrected chi connectivity index (χ1v) is 6.88. The molecule has 0 aromatic heterocycles. The molecule has 0 amide bonds. The summed E-state index contributed by atoms with van der Waals surface area (Å²) in [6.45, 7) is 3.18. The highest BCUT2D eigenvalue weighted by atomic mass is 32.2. The van der Waals surface area contributed by atoms with Crippen molar-refractivity contribution in [3.8, 4) is 0 Å². The van der Waals surface area contributed by atoms with Crippen LogP contribution in [0.4, 0.5) is 0 Å². The number of benzene rings is 1. The van der Waals surface area contributed by atoms with Gasteiger partial charge in [-0.05, 0) is 19.4 Å². The standard InChI is InChI=1S/C11H18N2O3S/c1-9(2)12-17(15,16)13-11(8-14)10-6-4-3-5-7-10/h3-7,9,11-14H,8H2,1-2H3/t11-/m1/s1. The normalized spacial score (nSPS) is 13.9. The van der Waals surface area contributed by atoms with E-state index in [4.69, 9.17) is 0 Å². The average molecular weight is 258 g/mol. The zero-order valence-electron chi connectivity index (χ0n) is 9.92. The molecule has 0 fully saturated rings. The molecule has 0 heterocycles. The molecule has 0 aliphatic heterocycles. The summed E-state index contributed by atoms with van der Waals surface area (Å²) in [5.74, 6) is 0. The SMILES string of the molecule is CC(C)NS(=O)(=O)N[C@H](CO)c1ccccc1. The molecule has 96 valence electrons. The summed E-state index contributed by atoms with van der Waals surface area (Å²) in [7, 11) is -3.60. The second kappa shape index (κ2) is 6.11. The van der Waals surface area contributed by atoms with Crippen molar-refractivity contribution in [3.63, 3.8) is 0 Å². The first-order valence-electron chi connectivity index (χ1n) is 5.40. The molecule has 5 nitrogen and oxygen atoms in total. The Morgan fingerprint density at radius 1 is 1.18 bits per heavy atom. The van der Waals surface area contributed by atoms with Crippen molar-refractivity contribution >= 4 is 10.2 Å². The van der Waals surface area contributed by atoms with E-state index in [1.807, 2.05) is 6.07 Å². The van der Waals surface area contributed by atoms with Gasteiger partial charge < -0.3 is 5.11 Å². The average Bonchev–Trinajstić information content (AvgIpc) is 2.25. The minimum atomic E-state index is -3.60. The van der Waals surface area contributed by atoms with Crippen molar-refractivity contribution < 1.29 is 13.5 Å². The van der Waals surface area contributed by atoms with Gasteiger partial charge in [-0.1, -0.05) is 30.3 Å². The monoisotopic (exact) mass is 258 g/mol. The van der Waals surface area contributed by atoms with Crippen molar-refractivity contribution in [1.82, 2.24) is 9.44 Å². The number of aliphatic hydroxyl groups is 1. The van der Waals surface area contributed by atoms with Gasteiger partial charge in [0.05, 0.1) is 12.6 Å². The lowest BCUT2D eigenvalue weighted by atomic mass is 10.1. The predicted molar refractivity (Wildman–Crippen MR) is 66.6 cm³/mol. The van der Waals surface area contributed by atoms with Crippen molar-refractivity contribution in [2.24, 2.45) is 0 Å². The maximum atomic E-state index is 11.7. The highest BCUT2D eigenvalue weighted by Gasteiger charge is 2.18. The maximum absolute atomic E-state index is 11.7. The molecule has 3 N–H and O–H groups in total. The Bertz CT molecular complexity index is 431. The van der Waals surface area contributed by atoms with Gasteiger partial charge in [0.2, 0.25) is 0 Å². The van der Waals surface area contributed by atoms with Gasteiger partial charge >= 0.3 is 0 Å². The van der Waals surface area contributed by atoms with Crippen LogP contribution in [0.5, 0.6) is 0 Å². The molecule has 0 bridgehead atoms. The van der Waals surface area contributed by atoms with E-state index in [9.17, 15) is 13.5 Å². The fourth-order valence-corrected chi connectivity index (χ4v) is 2.70. The Kier molecular flexibility index (Phi) is 5.07. The molecule has 0 saturated carbocycles. The van der Waals surface area contributed by atoms with Gasteiger partial charge in [-0.2, -0.15) is 17.9 Å². The number of rotatable bonds is 6. The minimum absolute atomic E-state index is 0.192. The molecule has 1 rings (SSSR count). The summed E-state index contributed by atoms with van der Waals surface area (Å²) < 4.78 is 28.1. The maximum Gasteiger partial charge on any atom is 0.277 e. The van der Waals surface area contributed by atoms with Crippen LogP contribution in [0.3, 0.4) is 0 Å². The van der Waals surface area contributed by atoms with Crippen LogP contribution in [0, 0.1) is 0 Å². The van der Waals surface area contributed by atoms with Crippen LogP contribution in [-0.4, -0.2) is 26.2 Å². The van der Waals surface area contributed by atoms with Gasteiger partial charge in [0.1, 0.15) is 0 Å². The van der Waals surface area contributed by atoms with Crippen LogP contribution in [0.2, 0.25) is 0 Å². The van der Waals surface area contributed by atoms with Gasteiger partial charge in [-0.25, -0.2) is 0 Å². The van der Waals surface area contributed by atoms with Crippen molar-refractivity contribution in [2.45, 2.75) is 25.9 Å². The molecule has 0 aliphatic rings. The fraction of sp³-hybridized carbons (Fsp3) is 0.455. The molecular weight excluding hydrogens is 240 g/mol. The lowest BCUT2D eigenvalue weighted by Crippen LogP contribution is -2.42. The molecule has 0 aliphatic carbocycles. The van der Waals surface area contributed by atoms with Crippen molar-refractivity contribution in [3.05, 3.63) is 35.9 Å². The quantitative estimate of drug-likeness (QED) is 0.697. The fourth-order valence-electron chi connectivity index (χ4n) is 1.43. The zero-order valence-corrected chi connectivity index (χ0v) is 10.7. The Morgan fingerprint density at radius 2 is 1.76 bits per heavy atom. The Labute approximate surface area is 102 Å². The predicted octanol–water partition coefficient (Wildman–Crippen LogP) is 0.552. The molecule has 0 radical (unpaired) electrons. The lowest BCUT2D eigenvalue weighted by Gasteiger charge is -2.18. The summed E-state index contributed by atoms with van der Waals surface area (Å²) in [6, 6.07) is 8.12. The summed E-state index contributed by atoms with van der Waals surface area (Å²) in [6.07, 6.45) is 0. The second-order valence-corrected chi connectivity index (χ2v) is 5.52. The van der Waals surface area contributed by atoms with E-state index in [1.165, 1.54) is 0 Å². The lowest BCUT2D eigenvalue weighted by molar-refractivity contribution is 0.258. The van der Waals surface area contributed by atoms with Crippen LogP contribution < -0.4 is 9.44 Å². The zero-order chi connectivity index (χ0) is 12.9. The van der Waals surface area contributed by atoms with Gasteiger partial charge in [0.25, 0.3) is 10.2 Å². The van der Waals surface area contributed by atoms with E-state index < -0.39 is 16.3 Å². The Morgan fingerprint density at radius 3 is 2.24 bits per heavy atom. The number of hydrogen-bond acceptors (Lipinski definition) is 3. The molecule has 1 atom stereocenters. The second-order valence-electron chi connectivity index (χ2n) is 4.04. The molecule has 6 heteroatoms. The molecular formula is C11H18N2O3S. The van der Waals surface area contributed by atoms with E-state index in [2.05, 4.69) is 9.44 Å². The Balaban J connectivity index is 2.78. The molecule has 1 aromatic carbocycles. The molecule has 0 unspecified atom stereocenters. The molecule has 17 heavy (non-hydrogen) atoms. The number of nitrogens with one attached hydrogen (secondary N) is 2. The van der Waals surface area contributed by atoms with Crippen LogP contribution in [0.15, 0.2) is 30.3 Å². The minimum Gasteiger partial charge on any atom is -0.394 e. The van der Waals surface area contributed by atoms with Crippen LogP contribution in [-0.2, 0) is 10.2 Å². The third kappa shape index (κ3) is 4.82. The van der Waals surface area contributed by atoms with Gasteiger partial charge in [-0.3, -0.25) is 0 Å².